The van der Waals surface area contributed by atoms with Gasteiger partial charge in [0.2, 0.25) is 0 Å². The molecule has 3 nitrogen and oxygen atoms in total. The van der Waals surface area contributed by atoms with Crippen LogP contribution in [0, 0.1) is 16.0 Å². The first-order chi connectivity index (χ1) is 10.7. The summed E-state index contributed by atoms with van der Waals surface area (Å²) in [6, 6.07) is 15.2. The van der Waals surface area contributed by atoms with Gasteiger partial charge < -0.3 is 4.98 Å². The zero-order valence-corrected chi connectivity index (χ0v) is 12.9. The highest BCUT2D eigenvalue weighted by Crippen LogP contribution is 2.29. The Kier molecular flexibility index (Phi) is 4.01. The van der Waals surface area contributed by atoms with E-state index in [9.17, 15) is 5.26 Å². The Labute approximate surface area is 137 Å². The number of nitriles is 1. The van der Waals surface area contributed by atoms with E-state index in [0.717, 1.165) is 22.4 Å². The number of hydrogen-bond acceptors (Lipinski definition) is 3. The molecule has 3 rings (SSSR count). The first-order valence-corrected chi connectivity index (χ1v) is 7.31. The maximum Gasteiger partial charge on any atom is 0.122 e. The quantitative estimate of drug-likeness (QED) is 0.675. The third kappa shape index (κ3) is 2.77. The normalized spacial score (nSPS) is 10.2. The van der Waals surface area contributed by atoms with E-state index in [1.807, 2.05) is 30.3 Å². The topological polar surface area (TPSA) is 52.5 Å². The van der Waals surface area contributed by atoms with Crippen LogP contribution in [0.25, 0.3) is 22.4 Å². The summed E-state index contributed by atoms with van der Waals surface area (Å²) in [5.41, 5.74) is 3.94. The van der Waals surface area contributed by atoms with Crippen LogP contribution in [0.15, 0.2) is 54.9 Å². The minimum absolute atomic E-state index is 0.418. The van der Waals surface area contributed by atoms with Gasteiger partial charge in [-0.1, -0.05) is 36.0 Å². The van der Waals surface area contributed by atoms with Crippen molar-refractivity contribution in [3.05, 3.63) is 70.1 Å². The second-order valence-electron chi connectivity index (χ2n) is 4.66. The van der Waals surface area contributed by atoms with E-state index in [2.05, 4.69) is 16.0 Å². The third-order valence-corrected chi connectivity index (χ3v) is 3.85. The van der Waals surface area contributed by atoms with Gasteiger partial charge in [-0.25, -0.2) is 0 Å². The number of nitrogens with one attached hydrogen (secondary N) is 1. The predicted molar refractivity (Wildman–Crippen MR) is 90.0 cm³/mol. The van der Waals surface area contributed by atoms with Crippen molar-refractivity contribution >= 4 is 23.8 Å². The van der Waals surface area contributed by atoms with Crippen LogP contribution in [0.2, 0.25) is 5.02 Å². The molecule has 1 N–H and O–H groups in total. The van der Waals surface area contributed by atoms with Crippen molar-refractivity contribution in [1.82, 2.24) is 9.97 Å². The van der Waals surface area contributed by atoms with Crippen LogP contribution >= 0.6 is 23.8 Å². The Morgan fingerprint density at radius 2 is 1.73 bits per heavy atom. The average molecular weight is 324 g/mol. The van der Waals surface area contributed by atoms with Gasteiger partial charge in [-0.3, -0.25) is 4.98 Å². The first kappa shape index (κ1) is 14.5. The van der Waals surface area contributed by atoms with Gasteiger partial charge in [0.15, 0.2) is 0 Å². The lowest BCUT2D eigenvalue weighted by atomic mass is 10.00. The van der Waals surface area contributed by atoms with E-state index in [1.54, 1.807) is 24.5 Å². The molecule has 0 unspecified atom stereocenters. The summed E-state index contributed by atoms with van der Waals surface area (Å²) in [7, 11) is 0. The lowest BCUT2D eigenvalue weighted by Gasteiger charge is -2.09. The fourth-order valence-electron chi connectivity index (χ4n) is 2.21. The lowest BCUT2D eigenvalue weighted by molar-refractivity contribution is 1.26. The molecule has 0 atom stereocenters. The second-order valence-corrected chi connectivity index (χ2v) is 5.50. The zero-order valence-electron chi connectivity index (χ0n) is 11.4. The molecule has 0 fully saturated rings. The first-order valence-electron chi connectivity index (χ1n) is 6.53. The summed E-state index contributed by atoms with van der Waals surface area (Å²) in [4.78, 5) is 7.11. The van der Waals surface area contributed by atoms with E-state index < -0.39 is 0 Å². The van der Waals surface area contributed by atoms with Crippen molar-refractivity contribution in [2.24, 2.45) is 0 Å². The van der Waals surface area contributed by atoms with Crippen molar-refractivity contribution in [2.75, 3.05) is 0 Å². The molecule has 5 heteroatoms. The molecule has 0 saturated carbocycles. The second kappa shape index (κ2) is 6.10. The number of aromatic nitrogens is 2. The minimum Gasteiger partial charge on any atom is -0.345 e. The lowest BCUT2D eigenvalue weighted by Crippen LogP contribution is -1.93. The summed E-state index contributed by atoms with van der Waals surface area (Å²) in [5.74, 6) is 0. The number of benzene rings is 1. The highest BCUT2D eigenvalue weighted by atomic mass is 35.5. The summed E-state index contributed by atoms with van der Waals surface area (Å²) in [5, 5.41) is 10.1. The van der Waals surface area contributed by atoms with E-state index >= 15 is 0 Å². The fraction of sp³-hybridized carbons (Fsp3) is 0. The van der Waals surface area contributed by atoms with Gasteiger partial charge in [0, 0.05) is 34.2 Å². The van der Waals surface area contributed by atoms with E-state index in [0.29, 0.717) is 15.2 Å². The number of pyridine rings is 2. The fourth-order valence-corrected chi connectivity index (χ4v) is 2.61. The molecule has 2 heterocycles. The Hall–Kier alpha value is -2.48. The van der Waals surface area contributed by atoms with Crippen molar-refractivity contribution in [1.29, 1.82) is 5.26 Å². The monoisotopic (exact) mass is 323 g/mol. The summed E-state index contributed by atoms with van der Waals surface area (Å²) >= 11 is 11.3. The van der Waals surface area contributed by atoms with Crippen LogP contribution in [0.3, 0.4) is 0 Å². The molecule has 2 aromatic heterocycles. The number of aromatic amines is 1. The third-order valence-electron chi connectivity index (χ3n) is 3.29. The molecule has 106 valence electrons. The van der Waals surface area contributed by atoms with Gasteiger partial charge in [0.1, 0.15) is 10.7 Å². The van der Waals surface area contributed by atoms with Gasteiger partial charge in [-0.15, -0.1) is 0 Å². The van der Waals surface area contributed by atoms with Crippen molar-refractivity contribution in [2.45, 2.75) is 0 Å². The molecule has 0 bridgehead atoms. The number of hydrogen-bond donors (Lipinski definition) is 1. The molecule has 0 aliphatic carbocycles. The number of halogens is 1. The SMILES string of the molecule is N#Cc1c(-c2ccc(Cl)cc2)cc(-c2ccncc2)[nH]c1=S. The predicted octanol–water partition coefficient (Wildman–Crippen LogP) is 5.00. The van der Waals surface area contributed by atoms with Gasteiger partial charge >= 0.3 is 0 Å². The van der Waals surface area contributed by atoms with Crippen LogP contribution in [-0.4, -0.2) is 9.97 Å². The standard InChI is InChI=1S/C17H10ClN3S/c18-13-3-1-11(2-4-13)14-9-16(12-5-7-20-8-6-12)21-17(22)15(14)10-19/h1-9H,(H,21,22). The summed E-state index contributed by atoms with van der Waals surface area (Å²) in [6.45, 7) is 0. The number of nitrogens with zero attached hydrogens (tertiary/aromatic N) is 2. The van der Waals surface area contributed by atoms with Crippen LogP contribution in [-0.2, 0) is 0 Å². The largest absolute Gasteiger partial charge is 0.345 e. The molecule has 0 radical (unpaired) electrons. The van der Waals surface area contributed by atoms with Gasteiger partial charge in [0.25, 0.3) is 0 Å². The van der Waals surface area contributed by atoms with E-state index in [-0.39, 0.29) is 0 Å². The highest BCUT2D eigenvalue weighted by molar-refractivity contribution is 7.71. The Morgan fingerprint density at radius 3 is 2.36 bits per heavy atom. The van der Waals surface area contributed by atoms with Gasteiger partial charge in [-0.05, 0) is 35.9 Å². The van der Waals surface area contributed by atoms with Crippen molar-refractivity contribution < 1.29 is 0 Å². The maximum atomic E-state index is 9.40. The molecule has 0 aliphatic rings. The van der Waals surface area contributed by atoms with Crippen LogP contribution in [0.5, 0.6) is 0 Å². The number of H-pyrrole nitrogens is 1. The molecule has 0 aliphatic heterocycles. The maximum absolute atomic E-state index is 9.40. The van der Waals surface area contributed by atoms with Crippen molar-refractivity contribution in [3.63, 3.8) is 0 Å². The molecule has 0 saturated heterocycles. The molecule has 0 spiro atoms. The summed E-state index contributed by atoms with van der Waals surface area (Å²) < 4.78 is 0.418. The van der Waals surface area contributed by atoms with Gasteiger partial charge in [0.05, 0.1) is 5.56 Å². The molecular weight excluding hydrogens is 314 g/mol. The Bertz CT molecular complexity index is 909. The molecular formula is C17H10ClN3S. The van der Waals surface area contributed by atoms with E-state index in [1.165, 1.54) is 0 Å². The van der Waals surface area contributed by atoms with Crippen LogP contribution < -0.4 is 0 Å². The molecule has 1 aromatic carbocycles. The van der Waals surface area contributed by atoms with Crippen molar-refractivity contribution in [3.8, 4) is 28.5 Å². The molecule has 22 heavy (non-hydrogen) atoms. The average Bonchev–Trinajstić information content (AvgIpc) is 2.55. The Balaban J connectivity index is 2.24. The Morgan fingerprint density at radius 1 is 1.05 bits per heavy atom. The smallest absolute Gasteiger partial charge is 0.122 e. The number of rotatable bonds is 2. The molecule has 0 amide bonds. The zero-order chi connectivity index (χ0) is 15.5. The molecule has 3 aromatic rings. The summed E-state index contributed by atoms with van der Waals surface area (Å²) in [6.07, 6.45) is 3.43. The van der Waals surface area contributed by atoms with Gasteiger partial charge in [-0.2, -0.15) is 5.26 Å². The van der Waals surface area contributed by atoms with Crippen LogP contribution in [0.1, 0.15) is 5.56 Å². The minimum atomic E-state index is 0.418. The van der Waals surface area contributed by atoms with E-state index in [4.69, 9.17) is 23.8 Å². The van der Waals surface area contributed by atoms with Crippen LogP contribution in [0.4, 0.5) is 0 Å². The highest BCUT2D eigenvalue weighted by Gasteiger charge is 2.10.